The van der Waals surface area contributed by atoms with Gasteiger partial charge in [-0.1, -0.05) is 25.1 Å². The van der Waals surface area contributed by atoms with Crippen molar-refractivity contribution in [3.63, 3.8) is 0 Å². The van der Waals surface area contributed by atoms with Crippen molar-refractivity contribution >= 4 is 17.3 Å². The number of carbonyl (C=O) groups is 1. The number of aromatic carboxylic acids is 1. The topological polar surface area (TPSA) is 71.2 Å². The molecule has 0 saturated heterocycles. The van der Waals surface area contributed by atoms with E-state index >= 15 is 0 Å². The van der Waals surface area contributed by atoms with Crippen molar-refractivity contribution < 1.29 is 9.90 Å². The zero-order valence-electron chi connectivity index (χ0n) is 11.6. The second-order valence-electron chi connectivity index (χ2n) is 4.32. The van der Waals surface area contributed by atoms with Crippen molar-refractivity contribution in [2.75, 3.05) is 19.6 Å². The quantitative estimate of drug-likeness (QED) is 0.846. The largest absolute Gasteiger partial charge is 0.476 e. The molecule has 0 fully saturated rings. The van der Waals surface area contributed by atoms with Crippen molar-refractivity contribution in [3.8, 4) is 10.6 Å². The Balaban J connectivity index is 2.27. The van der Waals surface area contributed by atoms with Gasteiger partial charge >= 0.3 is 5.97 Å². The lowest BCUT2D eigenvalue weighted by atomic mass is 10.2. The summed E-state index contributed by atoms with van der Waals surface area (Å²) in [4.78, 5) is 14.4. The molecule has 0 radical (unpaired) electrons. The summed E-state index contributed by atoms with van der Waals surface area (Å²) in [5, 5.41) is 18.9. The van der Waals surface area contributed by atoms with E-state index in [1.54, 1.807) is 4.68 Å². The second-order valence-corrected chi connectivity index (χ2v) is 5.27. The molecule has 0 amide bonds. The minimum atomic E-state index is -1.04. The van der Waals surface area contributed by atoms with Crippen LogP contribution in [0, 0.1) is 0 Å². The third-order valence-corrected chi connectivity index (χ3v) is 4.09. The second kappa shape index (κ2) is 6.62. The van der Waals surface area contributed by atoms with Crippen molar-refractivity contribution in [1.82, 2.24) is 19.9 Å². The van der Waals surface area contributed by atoms with E-state index in [9.17, 15) is 9.90 Å². The Hall–Kier alpha value is -1.73. The third-order valence-electron chi connectivity index (χ3n) is 3.21. The first kappa shape index (κ1) is 14.7. The van der Waals surface area contributed by atoms with Gasteiger partial charge in [-0.25, -0.2) is 9.48 Å². The van der Waals surface area contributed by atoms with Crippen LogP contribution in [0.2, 0.25) is 0 Å². The molecule has 0 atom stereocenters. The summed E-state index contributed by atoms with van der Waals surface area (Å²) < 4.78 is 1.69. The van der Waals surface area contributed by atoms with Gasteiger partial charge < -0.3 is 10.0 Å². The highest BCUT2D eigenvalue weighted by Crippen LogP contribution is 2.26. The van der Waals surface area contributed by atoms with Crippen LogP contribution >= 0.6 is 11.3 Å². The van der Waals surface area contributed by atoms with Crippen LogP contribution in [0.15, 0.2) is 17.5 Å². The highest BCUT2D eigenvalue weighted by atomic mass is 32.1. The summed E-state index contributed by atoms with van der Waals surface area (Å²) in [7, 11) is 0. The molecule has 0 unspecified atom stereocenters. The summed E-state index contributed by atoms with van der Waals surface area (Å²) in [5.41, 5.74) is 0.617. The van der Waals surface area contributed by atoms with Crippen molar-refractivity contribution in [1.29, 1.82) is 0 Å². The van der Waals surface area contributed by atoms with Crippen LogP contribution in [0.25, 0.3) is 10.6 Å². The Morgan fingerprint density at radius 2 is 2.20 bits per heavy atom. The standard InChI is InChI=1S/C13H18N4O2S/c1-3-16(4-2)7-8-17-12(10-6-5-9-20-10)11(13(18)19)14-15-17/h5-6,9H,3-4,7-8H2,1-2H3,(H,18,19). The summed E-state index contributed by atoms with van der Waals surface area (Å²) in [5.74, 6) is -1.04. The van der Waals surface area contributed by atoms with Gasteiger partial charge in [-0.3, -0.25) is 0 Å². The zero-order valence-corrected chi connectivity index (χ0v) is 12.4. The van der Waals surface area contributed by atoms with E-state index in [1.807, 2.05) is 17.5 Å². The molecule has 20 heavy (non-hydrogen) atoms. The van der Waals surface area contributed by atoms with E-state index in [-0.39, 0.29) is 5.69 Å². The minimum absolute atomic E-state index is 0.0204. The average Bonchev–Trinajstić information content (AvgIpc) is 3.08. The summed E-state index contributed by atoms with van der Waals surface area (Å²) in [6.45, 7) is 7.60. The molecule has 2 rings (SSSR count). The molecule has 0 aromatic carbocycles. The smallest absolute Gasteiger partial charge is 0.358 e. The zero-order chi connectivity index (χ0) is 14.5. The Bertz CT molecular complexity index is 561. The first-order valence-electron chi connectivity index (χ1n) is 6.60. The fourth-order valence-electron chi connectivity index (χ4n) is 2.05. The molecule has 0 aliphatic heterocycles. The fourth-order valence-corrected chi connectivity index (χ4v) is 2.82. The molecule has 0 saturated carbocycles. The minimum Gasteiger partial charge on any atom is -0.476 e. The van der Waals surface area contributed by atoms with Gasteiger partial charge in [0.2, 0.25) is 0 Å². The predicted molar refractivity (Wildman–Crippen MR) is 78.1 cm³/mol. The summed E-state index contributed by atoms with van der Waals surface area (Å²) >= 11 is 1.49. The van der Waals surface area contributed by atoms with Gasteiger partial charge in [-0.15, -0.1) is 16.4 Å². The van der Waals surface area contributed by atoms with Gasteiger partial charge in [-0.2, -0.15) is 0 Å². The lowest BCUT2D eigenvalue weighted by Crippen LogP contribution is -2.27. The van der Waals surface area contributed by atoms with Crippen LogP contribution < -0.4 is 0 Å². The van der Waals surface area contributed by atoms with Gasteiger partial charge in [0.25, 0.3) is 0 Å². The SMILES string of the molecule is CCN(CC)CCn1nnc(C(=O)O)c1-c1cccs1. The highest BCUT2D eigenvalue weighted by molar-refractivity contribution is 7.13. The van der Waals surface area contributed by atoms with Crippen molar-refractivity contribution in [2.45, 2.75) is 20.4 Å². The molecule has 0 bridgehead atoms. The van der Waals surface area contributed by atoms with Crippen LogP contribution in [-0.2, 0) is 6.54 Å². The maximum atomic E-state index is 11.3. The molecule has 2 heterocycles. The van der Waals surface area contributed by atoms with Crippen LogP contribution in [-0.4, -0.2) is 50.6 Å². The van der Waals surface area contributed by atoms with Gasteiger partial charge in [0.05, 0.1) is 11.4 Å². The van der Waals surface area contributed by atoms with Crippen molar-refractivity contribution in [3.05, 3.63) is 23.2 Å². The Labute approximate surface area is 121 Å². The van der Waals surface area contributed by atoms with Crippen molar-refractivity contribution in [2.24, 2.45) is 0 Å². The fraction of sp³-hybridized carbons (Fsp3) is 0.462. The molecule has 108 valence electrons. The maximum Gasteiger partial charge on any atom is 0.358 e. The summed E-state index contributed by atoms with van der Waals surface area (Å²) in [6.07, 6.45) is 0. The van der Waals surface area contributed by atoms with E-state index < -0.39 is 5.97 Å². The number of likely N-dealkylation sites (N-methyl/N-ethyl adjacent to an activating group) is 1. The lowest BCUT2D eigenvalue weighted by Gasteiger charge is -2.18. The third kappa shape index (κ3) is 3.05. The average molecular weight is 294 g/mol. The normalized spacial score (nSPS) is 11.2. The van der Waals surface area contributed by atoms with E-state index in [0.717, 1.165) is 24.5 Å². The molecular weight excluding hydrogens is 276 g/mol. The number of aromatic nitrogens is 3. The van der Waals surface area contributed by atoms with Gasteiger partial charge in [0.1, 0.15) is 5.69 Å². The molecular formula is C13H18N4O2S. The number of hydrogen-bond acceptors (Lipinski definition) is 5. The number of rotatable bonds is 7. The van der Waals surface area contributed by atoms with Gasteiger partial charge in [-0.05, 0) is 24.5 Å². The van der Waals surface area contributed by atoms with E-state index in [1.165, 1.54) is 11.3 Å². The first-order chi connectivity index (χ1) is 9.67. The van der Waals surface area contributed by atoms with Crippen LogP contribution in [0.1, 0.15) is 24.3 Å². The Morgan fingerprint density at radius 3 is 2.75 bits per heavy atom. The monoisotopic (exact) mass is 294 g/mol. The van der Waals surface area contributed by atoms with Crippen LogP contribution in [0.3, 0.4) is 0 Å². The molecule has 2 aromatic rings. The molecule has 1 N–H and O–H groups in total. The number of carboxylic acids is 1. The summed E-state index contributed by atoms with van der Waals surface area (Å²) in [6, 6.07) is 3.79. The maximum absolute atomic E-state index is 11.3. The predicted octanol–water partition coefficient (Wildman–Crippen LogP) is 2.05. The Kier molecular flexibility index (Phi) is 4.86. The molecule has 0 aliphatic rings. The van der Waals surface area contributed by atoms with Gasteiger partial charge in [0, 0.05) is 6.54 Å². The number of hydrogen-bond donors (Lipinski definition) is 1. The number of carboxylic acid groups (broad SMARTS) is 1. The Morgan fingerprint density at radius 1 is 1.45 bits per heavy atom. The van der Waals surface area contributed by atoms with E-state index in [4.69, 9.17) is 0 Å². The molecule has 0 aliphatic carbocycles. The number of nitrogens with zero attached hydrogens (tertiary/aromatic N) is 4. The van der Waals surface area contributed by atoms with Crippen LogP contribution in [0.4, 0.5) is 0 Å². The lowest BCUT2D eigenvalue weighted by molar-refractivity contribution is 0.0691. The van der Waals surface area contributed by atoms with Crippen LogP contribution in [0.5, 0.6) is 0 Å². The molecule has 0 spiro atoms. The molecule has 2 aromatic heterocycles. The number of thiophene rings is 1. The van der Waals surface area contributed by atoms with Gasteiger partial charge in [0.15, 0.2) is 5.69 Å². The molecule has 6 nitrogen and oxygen atoms in total. The van der Waals surface area contributed by atoms with E-state index in [0.29, 0.717) is 12.2 Å². The van der Waals surface area contributed by atoms with E-state index in [2.05, 4.69) is 29.1 Å². The first-order valence-corrected chi connectivity index (χ1v) is 7.48. The molecule has 7 heteroatoms. The highest BCUT2D eigenvalue weighted by Gasteiger charge is 2.21.